The molecule has 0 saturated carbocycles. The summed E-state index contributed by atoms with van der Waals surface area (Å²) in [7, 11) is -2.98. The Kier molecular flexibility index (Phi) is 6.12. The summed E-state index contributed by atoms with van der Waals surface area (Å²) in [5, 5.41) is 7.33. The zero-order chi connectivity index (χ0) is 23.7. The second kappa shape index (κ2) is 8.49. The van der Waals surface area contributed by atoms with Gasteiger partial charge >= 0.3 is 6.18 Å². The van der Waals surface area contributed by atoms with Crippen LogP contribution in [0, 0.1) is 13.8 Å². The average molecular weight is 469 g/mol. The number of carbonyl (C=O) groups excluding carboxylic acids is 1. The molecule has 3 N–H and O–H groups in total. The zero-order valence-electron chi connectivity index (χ0n) is 17.0. The van der Waals surface area contributed by atoms with Crippen LogP contribution in [-0.2, 0) is 16.2 Å². The van der Waals surface area contributed by atoms with E-state index in [9.17, 15) is 26.4 Å². The highest BCUT2D eigenvalue weighted by Crippen LogP contribution is 2.30. The second-order valence-corrected chi connectivity index (χ2v) is 8.37. The number of amides is 1. The molecule has 0 unspecified atom stereocenters. The van der Waals surface area contributed by atoms with Crippen molar-refractivity contribution in [3.05, 3.63) is 59.0 Å². The molecule has 0 fully saturated rings. The van der Waals surface area contributed by atoms with Gasteiger partial charge in [0.1, 0.15) is 5.69 Å². The van der Waals surface area contributed by atoms with E-state index < -0.39 is 33.5 Å². The number of hydrogen-bond acceptors (Lipinski definition) is 6. The van der Waals surface area contributed by atoms with Crippen LogP contribution >= 0.6 is 0 Å². The first-order valence-electron chi connectivity index (χ1n) is 8.99. The van der Waals surface area contributed by atoms with Crippen LogP contribution in [0.5, 0.6) is 5.88 Å². The van der Waals surface area contributed by atoms with Crippen molar-refractivity contribution in [1.82, 2.24) is 15.2 Å². The number of nitrogens with zero attached hydrogens (tertiary/aromatic N) is 2. The van der Waals surface area contributed by atoms with Crippen molar-refractivity contribution in [3.63, 3.8) is 0 Å². The van der Waals surface area contributed by atoms with Crippen LogP contribution in [0.1, 0.15) is 27.3 Å². The minimum absolute atomic E-state index is 0.0887. The normalized spacial score (nSPS) is 11.8. The first-order chi connectivity index (χ1) is 14.9. The van der Waals surface area contributed by atoms with E-state index in [1.54, 1.807) is 37.1 Å². The number of pyridine rings is 1. The minimum Gasteiger partial charge on any atom is -0.480 e. The van der Waals surface area contributed by atoms with E-state index in [4.69, 9.17) is 4.74 Å². The molecule has 0 aliphatic carbocycles. The predicted molar refractivity (Wildman–Crippen MR) is 109 cm³/mol. The molecule has 2 aromatic heterocycles. The Morgan fingerprint density at radius 1 is 1.16 bits per heavy atom. The average Bonchev–Trinajstić information content (AvgIpc) is 3.22. The van der Waals surface area contributed by atoms with Gasteiger partial charge in [-0.1, -0.05) is 18.2 Å². The first-order valence-corrected chi connectivity index (χ1v) is 10.5. The molecule has 0 spiro atoms. The molecule has 0 saturated heterocycles. The van der Waals surface area contributed by atoms with Crippen molar-refractivity contribution < 1.29 is 31.1 Å². The number of sulfonamides is 1. The molecule has 0 aliphatic rings. The summed E-state index contributed by atoms with van der Waals surface area (Å²) in [5.41, 5.74) is -0.0786. The predicted octanol–water partition coefficient (Wildman–Crippen LogP) is 3.50. The van der Waals surface area contributed by atoms with E-state index >= 15 is 0 Å². The van der Waals surface area contributed by atoms with Gasteiger partial charge in [0.05, 0.1) is 24.7 Å². The third-order valence-corrected chi connectivity index (χ3v) is 5.74. The molecule has 32 heavy (non-hydrogen) atoms. The zero-order valence-corrected chi connectivity index (χ0v) is 17.9. The van der Waals surface area contributed by atoms with Gasteiger partial charge in [-0.25, -0.2) is 13.4 Å². The van der Waals surface area contributed by atoms with Crippen molar-refractivity contribution in [3.8, 4) is 5.88 Å². The number of anilines is 2. The number of ether oxygens (including phenoxy) is 1. The Bertz CT molecular complexity index is 1250. The number of methoxy groups -OCH3 is 1. The Morgan fingerprint density at radius 3 is 2.38 bits per heavy atom. The quantitative estimate of drug-likeness (QED) is 0.507. The van der Waals surface area contributed by atoms with Gasteiger partial charge in [-0.15, -0.1) is 0 Å². The number of H-pyrrole nitrogens is 1. The molecule has 1 aromatic carbocycles. The van der Waals surface area contributed by atoms with Gasteiger partial charge in [-0.05, 0) is 31.0 Å². The molecule has 13 heteroatoms. The lowest BCUT2D eigenvalue weighted by molar-refractivity contribution is -0.141. The van der Waals surface area contributed by atoms with Gasteiger partial charge in [-0.2, -0.15) is 18.3 Å². The number of nitrogens with one attached hydrogen (secondary N) is 3. The molecule has 1 amide bonds. The van der Waals surface area contributed by atoms with Gasteiger partial charge in [0, 0.05) is 6.07 Å². The van der Waals surface area contributed by atoms with Crippen molar-refractivity contribution in [2.75, 3.05) is 17.1 Å². The number of benzene rings is 1. The highest BCUT2D eigenvalue weighted by molar-refractivity contribution is 7.92. The number of rotatable bonds is 6. The van der Waals surface area contributed by atoms with Gasteiger partial charge in [0.15, 0.2) is 10.6 Å². The molecule has 3 rings (SSSR count). The Balaban J connectivity index is 1.91. The van der Waals surface area contributed by atoms with E-state index in [1.165, 1.54) is 7.11 Å². The van der Waals surface area contributed by atoms with Crippen LogP contribution in [0.15, 0.2) is 41.4 Å². The molecular weight excluding hydrogens is 451 g/mol. The van der Waals surface area contributed by atoms with E-state index in [0.717, 1.165) is 12.3 Å². The SMILES string of the molecule is COc1ncc(NC(=O)c2cc(C(F)(F)F)[nH]n2)cc1S(=O)(=O)Nc1c(C)cccc1C. The highest BCUT2D eigenvalue weighted by Gasteiger charge is 2.34. The van der Waals surface area contributed by atoms with E-state index in [2.05, 4.69) is 20.1 Å². The van der Waals surface area contributed by atoms with Gasteiger partial charge in [0.2, 0.25) is 5.88 Å². The fraction of sp³-hybridized carbons (Fsp3) is 0.211. The van der Waals surface area contributed by atoms with E-state index in [0.29, 0.717) is 22.9 Å². The number of halogens is 3. The maximum atomic E-state index is 13.0. The lowest BCUT2D eigenvalue weighted by atomic mass is 10.1. The maximum absolute atomic E-state index is 13.0. The molecule has 0 atom stereocenters. The largest absolute Gasteiger partial charge is 0.480 e. The van der Waals surface area contributed by atoms with Crippen LogP contribution < -0.4 is 14.8 Å². The van der Waals surface area contributed by atoms with E-state index in [1.807, 2.05) is 0 Å². The Hall–Kier alpha value is -3.61. The summed E-state index contributed by atoms with van der Waals surface area (Å²) >= 11 is 0. The van der Waals surface area contributed by atoms with Crippen molar-refractivity contribution in [2.24, 2.45) is 0 Å². The number of hydrogen-bond donors (Lipinski definition) is 3. The molecule has 170 valence electrons. The molecule has 0 aliphatic heterocycles. The van der Waals surface area contributed by atoms with Crippen molar-refractivity contribution in [2.45, 2.75) is 24.9 Å². The van der Waals surface area contributed by atoms with Crippen LogP contribution in [0.25, 0.3) is 0 Å². The van der Waals surface area contributed by atoms with Crippen LogP contribution in [0.3, 0.4) is 0 Å². The van der Waals surface area contributed by atoms with Crippen LogP contribution in [0.2, 0.25) is 0 Å². The Labute approximate surface area is 181 Å². The highest BCUT2D eigenvalue weighted by atomic mass is 32.2. The van der Waals surface area contributed by atoms with Gasteiger partial charge < -0.3 is 10.1 Å². The number of carbonyl (C=O) groups is 1. The molecule has 0 radical (unpaired) electrons. The lowest BCUT2D eigenvalue weighted by Gasteiger charge is -2.15. The molecule has 0 bridgehead atoms. The van der Waals surface area contributed by atoms with E-state index in [-0.39, 0.29) is 16.5 Å². The fourth-order valence-corrected chi connectivity index (χ4v) is 4.14. The first kappa shape index (κ1) is 23.1. The van der Waals surface area contributed by atoms with Gasteiger partial charge in [0.25, 0.3) is 15.9 Å². The van der Waals surface area contributed by atoms with Gasteiger partial charge in [-0.3, -0.25) is 14.6 Å². The third-order valence-electron chi connectivity index (χ3n) is 4.39. The standard InChI is InChI=1S/C19H18F3N5O4S/c1-10-5-4-6-11(2)16(10)27-32(29,30)14-7-12(9-23-18(14)31-3)24-17(28)13-8-15(26-25-13)19(20,21)22/h4-9,27H,1-3H3,(H,24,28)(H,25,26). The summed E-state index contributed by atoms with van der Waals surface area (Å²) in [6.07, 6.45) is -3.60. The van der Waals surface area contributed by atoms with Crippen LogP contribution in [0.4, 0.5) is 24.5 Å². The second-order valence-electron chi connectivity index (χ2n) is 6.72. The summed E-state index contributed by atoms with van der Waals surface area (Å²) in [4.78, 5) is 15.8. The minimum atomic E-state index is -4.70. The monoisotopic (exact) mass is 469 g/mol. The molecule has 2 heterocycles. The summed E-state index contributed by atoms with van der Waals surface area (Å²) in [5.74, 6) is -1.23. The topological polar surface area (TPSA) is 126 Å². The number of aryl methyl sites for hydroxylation is 2. The lowest BCUT2D eigenvalue weighted by Crippen LogP contribution is -2.18. The van der Waals surface area contributed by atoms with Crippen molar-refractivity contribution >= 4 is 27.3 Å². The fourth-order valence-electron chi connectivity index (χ4n) is 2.79. The maximum Gasteiger partial charge on any atom is 0.432 e. The number of para-hydroxylation sites is 1. The number of aromatic amines is 1. The van der Waals surface area contributed by atoms with Crippen molar-refractivity contribution in [1.29, 1.82) is 0 Å². The molecular formula is C19H18F3N5O4S. The summed E-state index contributed by atoms with van der Waals surface area (Å²) in [6, 6.07) is 6.86. The summed E-state index contributed by atoms with van der Waals surface area (Å²) in [6.45, 7) is 3.46. The smallest absolute Gasteiger partial charge is 0.432 e. The summed E-state index contributed by atoms with van der Waals surface area (Å²) < 4.78 is 71.6. The van der Waals surface area contributed by atoms with Crippen LogP contribution in [-0.4, -0.2) is 36.6 Å². The third kappa shape index (κ3) is 4.82. The molecule has 3 aromatic rings. The number of alkyl halides is 3. The Morgan fingerprint density at radius 2 is 1.81 bits per heavy atom. The number of aromatic nitrogens is 3. The molecule has 9 nitrogen and oxygen atoms in total.